The van der Waals surface area contributed by atoms with Crippen molar-refractivity contribution in [2.45, 2.75) is 40.5 Å². The zero-order chi connectivity index (χ0) is 23.7. The lowest BCUT2D eigenvalue weighted by Gasteiger charge is -2.35. The van der Waals surface area contributed by atoms with Gasteiger partial charge in [0.2, 0.25) is 0 Å². The van der Waals surface area contributed by atoms with Crippen molar-refractivity contribution in [3.8, 4) is 28.4 Å². The van der Waals surface area contributed by atoms with Crippen molar-refractivity contribution in [3.63, 3.8) is 0 Å². The first-order valence-electron chi connectivity index (χ1n) is 10.9. The third-order valence-electron chi connectivity index (χ3n) is 5.39. The second-order valence-electron chi connectivity index (χ2n) is 7.92. The van der Waals surface area contributed by atoms with Gasteiger partial charge in [-0.1, -0.05) is 37.6 Å². The van der Waals surface area contributed by atoms with E-state index >= 15 is 0 Å². The van der Waals surface area contributed by atoms with E-state index in [0.29, 0.717) is 12.3 Å². The van der Waals surface area contributed by atoms with Crippen LogP contribution in [0.1, 0.15) is 40.5 Å². The lowest BCUT2D eigenvalue weighted by atomic mass is 9.90. The number of fused-ring (bicyclic) bond motifs is 2. The maximum atomic E-state index is 11.9. The number of hydrogen-bond donors (Lipinski definition) is 0. The van der Waals surface area contributed by atoms with Crippen LogP contribution in [-0.2, 0) is 14.4 Å². The Hall–Kier alpha value is -3.87. The molecule has 0 aliphatic carbocycles. The molecule has 170 valence electrons. The van der Waals surface area contributed by atoms with Crippen LogP contribution < -0.4 is 19.1 Å². The molecule has 1 heterocycles. The van der Waals surface area contributed by atoms with Gasteiger partial charge in [-0.2, -0.15) is 0 Å². The number of rotatable bonds is 6. The van der Waals surface area contributed by atoms with Gasteiger partial charge in [0.25, 0.3) is 0 Å². The van der Waals surface area contributed by atoms with Crippen molar-refractivity contribution in [2.24, 2.45) is 0 Å². The smallest absolute Gasteiger partial charge is 0.308 e. The van der Waals surface area contributed by atoms with E-state index in [9.17, 15) is 14.4 Å². The number of esters is 3. The van der Waals surface area contributed by atoms with Crippen LogP contribution in [0.3, 0.4) is 0 Å². The number of carbonyl (C=O) groups is 3. The highest BCUT2D eigenvalue weighted by atomic mass is 16.6. The lowest BCUT2D eigenvalue weighted by Crippen LogP contribution is -2.23. The van der Waals surface area contributed by atoms with Crippen LogP contribution in [0.2, 0.25) is 0 Å². The fraction of sp³-hybridized carbons (Fsp3) is 0.269. The Morgan fingerprint density at radius 3 is 2.06 bits per heavy atom. The second kappa shape index (κ2) is 8.94. The van der Waals surface area contributed by atoms with Crippen LogP contribution >= 0.6 is 0 Å². The quantitative estimate of drug-likeness (QED) is 0.363. The molecule has 4 rings (SSSR count). The third-order valence-corrected chi connectivity index (χ3v) is 5.39. The summed E-state index contributed by atoms with van der Waals surface area (Å²) in [5, 5.41) is 1.93. The number of carbonyl (C=O) groups excluding carboxylic acids is 3. The van der Waals surface area contributed by atoms with Gasteiger partial charge in [-0.25, -0.2) is 0 Å². The highest BCUT2D eigenvalue weighted by molar-refractivity contribution is 6.14. The fourth-order valence-electron chi connectivity index (χ4n) is 4.20. The average Bonchev–Trinajstić information content (AvgIpc) is 2.74. The molecule has 7 nitrogen and oxygen atoms in total. The monoisotopic (exact) mass is 447 g/mol. The van der Waals surface area contributed by atoms with Gasteiger partial charge < -0.3 is 19.1 Å². The van der Waals surface area contributed by atoms with E-state index in [1.165, 1.54) is 20.8 Å². The number of nitrogens with zero attached hydrogens (tertiary/aromatic N) is 1. The van der Waals surface area contributed by atoms with Crippen LogP contribution in [0.25, 0.3) is 21.9 Å². The molecule has 0 spiro atoms. The predicted molar refractivity (Wildman–Crippen MR) is 125 cm³/mol. The van der Waals surface area contributed by atoms with Gasteiger partial charge in [0.1, 0.15) is 0 Å². The van der Waals surface area contributed by atoms with Crippen LogP contribution in [0.15, 0.2) is 42.5 Å². The van der Waals surface area contributed by atoms with Crippen molar-refractivity contribution >= 4 is 40.1 Å². The summed E-state index contributed by atoms with van der Waals surface area (Å²) in [5.74, 6) is -0.667. The molecule has 0 amide bonds. The molecule has 1 aliphatic rings. The summed E-state index contributed by atoms with van der Waals surface area (Å²) in [6.07, 6.45) is 1.83. The molecule has 3 aromatic carbocycles. The largest absolute Gasteiger partial charge is 0.424 e. The summed E-state index contributed by atoms with van der Waals surface area (Å²) in [4.78, 5) is 37.4. The van der Waals surface area contributed by atoms with E-state index < -0.39 is 17.9 Å². The van der Waals surface area contributed by atoms with Crippen molar-refractivity contribution in [2.75, 3.05) is 11.4 Å². The number of anilines is 2. The third kappa shape index (κ3) is 4.26. The Balaban J connectivity index is 2.05. The molecule has 0 bridgehead atoms. The number of benzene rings is 3. The van der Waals surface area contributed by atoms with Gasteiger partial charge in [0.15, 0.2) is 17.2 Å². The first-order valence-corrected chi connectivity index (χ1v) is 10.9. The number of ether oxygens (including phenoxy) is 3. The summed E-state index contributed by atoms with van der Waals surface area (Å²) >= 11 is 0. The van der Waals surface area contributed by atoms with E-state index in [-0.39, 0.29) is 11.5 Å². The average molecular weight is 447 g/mol. The van der Waals surface area contributed by atoms with Gasteiger partial charge >= 0.3 is 17.9 Å². The maximum Gasteiger partial charge on any atom is 0.308 e. The second-order valence-corrected chi connectivity index (χ2v) is 7.92. The molecular formula is C26H25NO6. The summed E-state index contributed by atoms with van der Waals surface area (Å²) in [7, 11) is 0. The SMILES string of the molecule is CCCCN1c2cc(OC(C)=O)c(OC(C)=O)cc2-c2cccc3ccc(OC(C)=O)c1c23. The van der Waals surface area contributed by atoms with Crippen molar-refractivity contribution in [1.82, 2.24) is 0 Å². The van der Waals surface area contributed by atoms with E-state index in [0.717, 1.165) is 46.1 Å². The highest BCUT2D eigenvalue weighted by Crippen LogP contribution is 2.54. The summed E-state index contributed by atoms with van der Waals surface area (Å²) in [6, 6.07) is 13.1. The van der Waals surface area contributed by atoms with Crippen molar-refractivity contribution in [3.05, 3.63) is 42.5 Å². The van der Waals surface area contributed by atoms with Gasteiger partial charge in [-0.05, 0) is 29.5 Å². The van der Waals surface area contributed by atoms with Gasteiger partial charge in [0.05, 0.1) is 11.4 Å². The highest BCUT2D eigenvalue weighted by Gasteiger charge is 2.30. The minimum atomic E-state index is -0.526. The topological polar surface area (TPSA) is 82.1 Å². The summed E-state index contributed by atoms with van der Waals surface area (Å²) in [5.41, 5.74) is 3.29. The van der Waals surface area contributed by atoms with E-state index in [1.54, 1.807) is 18.2 Å². The van der Waals surface area contributed by atoms with Gasteiger partial charge in [0, 0.05) is 44.3 Å². The number of unbranched alkanes of at least 4 members (excludes halogenated alkanes) is 1. The standard InChI is InChI=1S/C26H25NO6/c1-5-6-12-27-21-14-24(33-17(4)30)23(32-16(3)29)13-20(21)19-9-7-8-18-10-11-22(31-15(2)28)26(27)25(18)19/h7-11,13-14H,5-6,12H2,1-4H3. The molecule has 0 unspecified atom stereocenters. The summed E-state index contributed by atoms with van der Waals surface area (Å²) < 4.78 is 16.4. The van der Waals surface area contributed by atoms with Gasteiger partial charge in [-0.3, -0.25) is 14.4 Å². The van der Waals surface area contributed by atoms with Crippen molar-refractivity contribution in [1.29, 1.82) is 0 Å². The lowest BCUT2D eigenvalue weighted by molar-refractivity contribution is -0.134. The number of hydrogen-bond acceptors (Lipinski definition) is 7. The fourth-order valence-corrected chi connectivity index (χ4v) is 4.20. The zero-order valence-electron chi connectivity index (χ0n) is 19.1. The molecule has 0 aromatic heterocycles. The van der Waals surface area contributed by atoms with Crippen LogP contribution in [0.5, 0.6) is 17.2 Å². The van der Waals surface area contributed by atoms with Gasteiger partial charge in [-0.15, -0.1) is 0 Å². The molecule has 0 atom stereocenters. The zero-order valence-corrected chi connectivity index (χ0v) is 19.1. The molecule has 0 N–H and O–H groups in total. The van der Waals surface area contributed by atoms with Crippen LogP contribution in [-0.4, -0.2) is 24.5 Å². The van der Waals surface area contributed by atoms with E-state index in [1.807, 2.05) is 24.3 Å². The molecule has 1 aliphatic heterocycles. The Kier molecular flexibility index (Phi) is 6.05. The Labute approximate surface area is 191 Å². The molecule has 7 heteroatoms. The van der Waals surface area contributed by atoms with Crippen LogP contribution in [0.4, 0.5) is 11.4 Å². The van der Waals surface area contributed by atoms with E-state index in [2.05, 4.69) is 11.8 Å². The molecule has 0 fully saturated rings. The van der Waals surface area contributed by atoms with E-state index in [4.69, 9.17) is 14.2 Å². The molecule has 3 aromatic rings. The van der Waals surface area contributed by atoms with Crippen molar-refractivity contribution < 1.29 is 28.6 Å². The Bertz CT molecular complexity index is 1280. The molecule has 0 radical (unpaired) electrons. The first-order chi connectivity index (χ1) is 15.8. The maximum absolute atomic E-state index is 11.9. The minimum Gasteiger partial charge on any atom is -0.424 e. The molecule has 33 heavy (non-hydrogen) atoms. The molecular weight excluding hydrogens is 422 g/mol. The normalized spacial score (nSPS) is 11.7. The Morgan fingerprint density at radius 2 is 1.42 bits per heavy atom. The predicted octanol–water partition coefficient (Wildman–Crippen LogP) is 5.53. The Morgan fingerprint density at radius 1 is 0.788 bits per heavy atom. The van der Waals surface area contributed by atoms with Crippen LogP contribution in [0, 0.1) is 0 Å². The molecule has 0 saturated heterocycles. The molecule has 0 saturated carbocycles. The summed E-state index contributed by atoms with van der Waals surface area (Å²) in [6.45, 7) is 6.71. The minimum absolute atomic E-state index is 0.151. The first kappa shape index (κ1) is 22.3.